The minimum atomic E-state index is -4.57. The highest BCUT2D eigenvalue weighted by molar-refractivity contribution is 6.30. The van der Waals surface area contributed by atoms with Gasteiger partial charge in [0.15, 0.2) is 10.9 Å². The third kappa shape index (κ3) is 3.63. The van der Waals surface area contributed by atoms with Crippen LogP contribution in [0.15, 0.2) is 36.5 Å². The highest BCUT2D eigenvalue weighted by Gasteiger charge is 2.32. The fraction of sp³-hybridized carbons (Fsp3) is 0.0769. The van der Waals surface area contributed by atoms with E-state index in [0.29, 0.717) is 6.20 Å². The Morgan fingerprint density at radius 2 is 1.86 bits per heavy atom. The van der Waals surface area contributed by atoms with Gasteiger partial charge in [-0.2, -0.15) is 13.2 Å². The SMILES string of the molecule is O=C(O)c1ccc(Oc2cc(C(F)(F)F)cnc2Cl)cc1. The number of pyridine rings is 1. The van der Waals surface area contributed by atoms with Gasteiger partial charge < -0.3 is 9.84 Å². The molecule has 1 aromatic carbocycles. The second kappa shape index (κ2) is 5.61. The zero-order valence-corrected chi connectivity index (χ0v) is 10.9. The summed E-state index contributed by atoms with van der Waals surface area (Å²) in [6, 6.07) is 5.85. The number of rotatable bonds is 3. The van der Waals surface area contributed by atoms with Crippen molar-refractivity contribution in [1.82, 2.24) is 4.98 Å². The Kier molecular flexibility index (Phi) is 4.04. The normalized spacial score (nSPS) is 11.2. The Balaban J connectivity index is 2.28. The monoisotopic (exact) mass is 317 g/mol. The first-order valence-electron chi connectivity index (χ1n) is 5.51. The topological polar surface area (TPSA) is 59.4 Å². The number of carboxylic acids is 1. The van der Waals surface area contributed by atoms with Crippen molar-refractivity contribution in [1.29, 1.82) is 0 Å². The lowest BCUT2D eigenvalue weighted by molar-refractivity contribution is -0.137. The van der Waals surface area contributed by atoms with Gasteiger partial charge in [0, 0.05) is 6.20 Å². The molecule has 0 radical (unpaired) electrons. The van der Waals surface area contributed by atoms with Crippen LogP contribution in [0.2, 0.25) is 5.15 Å². The molecule has 0 saturated heterocycles. The van der Waals surface area contributed by atoms with E-state index in [9.17, 15) is 18.0 Å². The number of hydrogen-bond donors (Lipinski definition) is 1. The lowest BCUT2D eigenvalue weighted by atomic mass is 10.2. The van der Waals surface area contributed by atoms with Crippen LogP contribution in [0.4, 0.5) is 13.2 Å². The van der Waals surface area contributed by atoms with Crippen molar-refractivity contribution in [2.45, 2.75) is 6.18 Å². The van der Waals surface area contributed by atoms with Crippen LogP contribution in [-0.2, 0) is 6.18 Å². The highest BCUT2D eigenvalue weighted by Crippen LogP contribution is 2.35. The summed E-state index contributed by atoms with van der Waals surface area (Å²) < 4.78 is 42.9. The van der Waals surface area contributed by atoms with Crippen molar-refractivity contribution < 1.29 is 27.8 Å². The average Bonchev–Trinajstić information content (AvgIpc) is 2.40. The van der Waals surface area contributed by atoms with Gasteiger partial charge in [0.2, 0.25) is 0 Å². The third-order valence-corrected chi connectivity index (χ3v) is 2.75. The second-order valence-corrected chi connectivity index (χ2v) is 4.30. The third-order valence-electron chi connectivity index (χ3n) is 2.46. The number of halogens is 4. The van der Waals surface area contributed by atoms with Crippen LogP contribution in [0.5, 0.6) is 11.5 Å². The fourth-order valence-electron chi connectivity index (χ4n) is 1.45. The predicted octanol–water partition coefficient (Wildman–Crippen LogP) is 4.24. The van der Waals surface area contributed by atoms with Crippen molar-refractivity contribution in [2.24, 2.45) is 0 Å². The van der Waals surface area contributed by atoms with E-state index in [1.165, 1.54) is 24.3 Å². The lowest BCUT2D eigenvalue weighted by Crippen LogP contribution is -2.06. The molecule has 2 rings (SSSR count). The molecular formula is C13H7ClF3NO3. The molecule has 0 atom stereocenters. The Morgan fingerprint density at radius 3 is 2.38 bits per heavy atom. The molecule has 110 valence electrons. The minimum absolute atomic E-state index is 0.0237. The van der Waals surface area contributed by atoms with Crippen molar-refractivity contribution in [2.75, 3.05) is 0 Å². The first-order valence-corrected chi connectivity index (χ1v) is 5.89. The van der Waals surface area contributed by atoms with Crippen LogP contribution in [0, 0.1) is 0 Å². The van der Waals surface area contributed by atoms with Crippen molar-refractivity contribution in [3.8, 4) is 11.5 Å². The summed E-state index contributed by atoms with van der Waals surface area (Å²) in [5, 5.41) is 8.51. The maximum absolute atomic E-state index is 12.6. The Morgan fingerprint density at radius 1 is 1.24 bits per heavy atom. The smallest absolute Gasteiger partial charge is 0.418 e. The van der Waals surface area contributed by atoms with Crippen LogP contribution in [-0.4, -0.2) is 16.1 Å². The largest absolute Gasteiger partial charge is 0.478 e. The quantitative estimate of drug-likeness (QED) is 0.860. The van der Waals surface area contributed by atoms with Gasteiger partial charge in [0.25, 0.3) is 0 Å². The summed E-state index contributed by atoms with van der Waals surface area (Å²) in [7, 11) is 0. The molecule has 1 heterocycles. The van der Waals surface area contributed by atoms with Gasteiger partial charge in [0.05, 0.1) is 11.1 Å². The zero-order chi connectivity index (χ0) is 15.6. The van der Waals surface area contributed by atoms with Gasteiger partial charge >= 0.3 is 12.1 Å². The van der Waals surface area contributed by atoms with Gasteiger partial charge in [-0.05, 0) is 30.3 Å². The molecule has 4 nitrogen and oxygen atoms in total. The summed E-state index contributed by atoms with van der Waals surface area (Å²) in [6.45, 7) is 0. The van der Waals surface area contributed by atoms with Gasteiger partial charge in [-0.1, -0.05) is 11.6 Å². The summed E-state index contributed by atoms with van der Waals surface area (Å²) in [6.07, 6.45) is -3.97. The Bertz CT molecular complexity index is 671. The van der Waals surface area contributed by atoms with Gasteiger partial charge in [0.1, 0.15) is 5.75 Å². The van der Waals surface area contributed by atoms with E-state index in [-0.39, 0.29) is 22.2 Å². The van der Waals surface area contributed by atoms with E-state index in [1.807, 2.05) is 0 Å². The summed E-state index contributed by atoms with van der Waals surface area (Å²) >= 11 is 5.68. The number of aromatic carboxylic acids is 1. The standard InChI is InChI=1S/C13H7ClF3NO3/c14-11-10(5-8(6-18-11)13(15,16)17)21-9-3-1-7(2-4-9)12(19)20/h1-6H,(H,19,20). The molecule has 0 spiro atoms. The highest BCUT2D eigenvalue weighted by atomic mass is 35.5. The van der Waals surface area contributed by atoms with Crippen LogP contribution >= 0.6 is 11.6 Å². The molecule has 0 fully saturated rings. The maximum Gasteiger partial charge on any atom is 0.418 e. The number of aromatic nitrogens is 1. The average molecular weight is 318 g/mol. The lowest BCUT2D eigenvalue weighted by Gasteiger charge is -2.11. The molecule has 0 aliphatic heterocycles. The molecule has 0 saturated carbocycles. The molecule has 1 aromatic heterocycles. The molecule has 0 unspecified atom stereocenters. The molecule has 0 aliphatic rings. The van der Waals surface area contributed by atoms with E-state index >= 15 is 0 Å². The maximum atomic E-state index is 12.6. The summed E-state index contributed by atoms with van der Waals surface area (Å²) in [5.74, 6) is -1.25. The van der Waals surface area contributed by atoms with Gasteiger partial charge in [-0.25, -0.2) is 9.78 Å². The van der Waals surface area contributed by atoms with Crippen molar-refractivity contribution in [3.05, 3.63) is 52.8 Å². The number of alkyl halides is 3. The molecule has 2 aromatic rings. The zero-order valence-electron chi connectivity index (χ0n) is 10.2. The number of benzene rings is 1. The van der Waals surface area contributed by atoms with E-state index < -0.39 is 17.7 Å². The number of hydrogen-bond acceptors (Lipinski definition) is 3. The van der Waals surface area contributed by atoms with E-state index in [4.69, 9.17) is 21.4 Å². The second-order valence-electron chi connectivity index (χ2n) is 3.94. The molecule has 0 amide bonds. The van der Waals surface area contributed by atoms with E-state index in [2.05, 4.69) is 4.98 Å². The molecule has 0 bridgehead atoms. The number of carboxylic acid groups (broad SMARTS) is 1. The number of carbonyl (C=O) groups is 1. The molecule has 0 aliphatic carbocycles. The van der Waals surface area contributed by atoms with Crippen molar-refractivity contribution in [3.63, 3.8) is 0 Å². The summed E-state index contributed by atoms with van der Waals surface area (Å²) in [5.41, 5.74) is -0.973. The molecule has 21 heavy (non-hydrogen) atoms. The Labute approximate surface area is 121 Å². The van der Waals surface area contributed by atoms with Gasteiger partial charge in [-0.3, -0.25) is 0 Å². The van der Waals surface area contributed by atoms with Crippen molar-refractivity contribution >= 4 is 17.6 Å². The molecule has 8 heteroatoms. The number of ether oxygens (including phenoxy) is 1. The molecule has 1 N–H and O–H groups in total. The number of nitrogens with zero attached hydrogens (tertiary/aromatic N) is 1. The van der Waals surface area contributed by atoms with Crippen LogP contribution in [0.1, 0.15) is 15.9 Å². The van der Waals surface area contributed by atoms with E-state index in [1.54, 1.807) is 0 Å². The molecular weight excluding hydrogens is 311 g/mol. The first kappa shape index (κ1) is 15.1. The Hall–Kier alpha value is -2.28. The van der Waals surface area contributed by atoms with Crippen LogP contribution in [0.25, 0.3) is 0 Å². The van der Waals surface area contributed by atoms with Gasteiger partial charge in [-0.15, -0.1) is 0 Å². The minimum Gasteiger partial charge on any atom is -0.478 e. The van der Waals surface area contributed by atoms with E-state index in [0.717, 1.165) is 6.07 Å². The fourth-order valence-corrected chi connectivity index (χ4v) is 1.59. The predicted molar refractivity (Wildman–Crippen MR) is 67.7 cm³/mol. The van der Waals surface area contributed by atoms with Crippen LogP contribution < -0.4 is 4.74 Å². The first-order chi connectivity index (χ1) is 9.77. The van der Waals surface area contributed by atoms with Crippen LogP contribution in [0.3, 0.4) is 0 Å². The summed E-state index contributed by atoms with van der Waals surface area (Å²) in [4.78, 5) is 14.1.